The van der Waals surface area contributed by atoms with Gasteiger partial charge in [0.1, 0.15) is 0 Å². The van der Waals surface area contributed by atoms with Crippen molar-refractivity contribution < 1.29 is 5.11 Å². The van der Waals surface area contributed by atoms with Gasteiger partial charge < -0.3 is 15.7 Å². The SMILES string of the molecule is CC(O)CN1CCc2c(N)cccc21. The molecular formula is C11H16N2O. The zero-order chi connectivity index (χ0) is 10.1. The summed E-state index contributed by atoms with van der Waals surface area (Å²) in [5, 5.41) is 9.33. The van der Waals surface area contributed by atoms with Crippen LogP contribution < -0.4 is 10.6 Å². The van der Waals surface area contributed by atoms with Crippen molar-refractivity contribution in [2.24, 2.45) is 0 Å². The molecular weight excluding hydrogens is 176 g/mol. The van der Waals surface area contributed by atoms with Crippen molar-refractivity contribution in [3.63, 3.8) is 0 Å². The lowest BCUT2D eigenvalue weighted by Crippen LogP contribution is -2.29. The fraction of sp³-hybridized carbons (Fsp3) is 0.455. The molecule has 3 heteroatoms. The third-order valence-electron chi connectivity index (χ3n) is 2.64. The maximum atomic E-state index is 9.33. The largest absolute Gasteiger partial charge is 0.398 e. The highest BCUT2D eigenvalue weighted by Crippen LogP contribution is 2.31. The van der Waals surface area contributed by atoms with Crippen LogP contribution in [0.15, 0.2) is 18.2 Å². The van der Waals surface area contributed by atoms with Gasteiger partial charge in [-0.15, -0.1) is 0 Å². The molecule has 1 aromatic rings. The van der Waals surface area contributed by atoms with Gasteiger partial charge in [0.15, 0.2) is 0 Å². The van der Waals surface area contributed by atoms with Gasteiger partial charge in [0.05, 0.1) is 6.10 Å². The first-order valence-corrected chi connectivity index (χ1v) is 4.99. The van der Waals surface area contributed by atoms with Crippen LogP contribution in [-0.2, 0) is 6.42 Å². The number of nitrogens with two attached hydrogens (primary N) is 1. The predicted octanol–water partition coefficient (Wildman–Crippen LogP) is 1.01. The number of hydrogen-bond donors (Lipinski definition) is 2. The van der Waals surface area contributed by atoms with E-state index in [0.717, 1.165) is 18.7 Å². The van der Waals surface area contributed by atoms with Gasteiger partial charge in [-0.3, -0.25) is 0 Å². The van der Waals surface area contributed by atoms with Gasteiger partial charge in [-0.05, 0) is 25.5 Å². The number of hydrogen-bond acceptors (Lipinski definition) is 3. The quantitative estimate of drug-likeness (QED) is 0.688. The minimum Gasteiger partial charge on any atom is -0.398 e. The zero-order valence-electron chi connectivity index (χ0n) is 8.40. The second kappa shape index (κ2) is 3.50. The van der Waals surface area contributed by atoms with E-state index in [0.29, 0.717) is 6.54 Å². The molecule has 0 bridgehead atoms. The summed E-state index contributed by atoms with van der Waals surface area (Å²) in [4.78, 5) is 2.19. The number of nitrogens with zero attached hydrogens (tertiary/aromatic N) is 1. The molecule has 1 aliphatic rings. The first-order chi connectivity index (χ1) is 6.68. The number of nitrogen functional groups attached to an aromatic ring is 1. The van der Waals surface area contributed by atoms with Gasteiger partial charge in [-0.2, -0.15) is 0 Å². The van der Waals surface area contributed by atoms with Crippen LogP contribution in [0.4, 0.5) is 11.4 Å². The van der Waals surface area contributed by atoms with Crippen molar-refractivity contribution in [3.8, 4) is 0 Å². The molecule has 0 saturated heterocycles. The Morgan fingerprint density at radius 2 is 2.36 bits per heavy atom. The van der Waals surface area contributed by atoms with Crippen LogP contribution in [0.2, 0.25) is 0 Å². The van der Waals surface area contributed by atoms with E-state index in [4.69, 9.17) is 5.73 Å². The lowest BCUT2D eigenvalue weighted by Gasteiger charge is -2.20. The molecule has 0 radical (unpaired) electrons. The summed E-state index contributed by atoms with van der Waals surface area (Å²) < 4.78 is 0. The number of fused-ring (bicyclic) bond motifs is 1. The van der Waals surface area contributed by atoms with Crippen molar-refractivity contribution in [1.82, 2.24) is 0 Å². The number of β-amino-alcohol motifs (C(OH)–C–C–N with tert-alkyl or cyclic N) is 1. The lowest BCUT2D eigenvalue weighted by atomic mass is 10.1. The van der Waals surface area contributed by atoms with Gasteiger partial charge in [0.25, 0.3) is 0 Å². The van der Waals surface area contributed by atoms with Gasteiger partial charge in [-0.1, -0.05) is 6.07 Å². The molecule has 3 N–H and O–H groups in total. The van der Waals surface area contributed by atoms with Crippen LogP contribution in [0.1, 0.15) is 12.5 Å². The Morgan fingerprint density at radius 3 is 3.07 bits per heavy atom. The molecule has 0 amide bonds. The second-order valence-electron chi connectivity index (χ2n) is 3.89. The fourth-order valence-corrected chi connectivity index (χ4v) is 2.04. The fourth-order valence-electron chi connectivity index (χ4n) is 2.04. The molecule has 0 aromatic heterocycles. The summed E-state index contributed by atoms with van der Waals surface area (Å²) >= 11 is 0. The van der Waals surface area contributed by atoms with Gasteiger partial charge in [0.2, 0.25) is 0 Å². The Morgan fingerprint density at radius 1 is 1.57 bits per heavy atom. The third kappa shape index (κ3) is 1.55. The van der Waals surface area contributed by atoms with Crippen molar-refractivity contribution in [1.29, 1.82) is 0 Å². The standard InChI is InChI=1S/C11H16N2O/c1-8(14)7-13-6-5-9-10(12)3-2-4-11(9)13/h2-4,8,14H,5-7,12H2,1H3. The number of benzene rings is 1. The number of aliphatic hydroxyl groups is 1. The number of rotatable bonds is 2. The Labute approximate surface area is 84.1 Å². The molecule has 2 rings (SSSR count). The van der Waals surface area contributed by atoms with Crippen LogP contribution >= 0.6 is 0 Å². The smallest absolute Gasteiger partial charge is 0.0687 e. The van der Waals surface area contributed by atoms with E-state index in [1.165, 1.54) is 11.3 Å². The summed E-state index contributed by atoms with van der Waals surface area (Å²) in [7, 11) is 0. The van der Waals surface area contributed by atoms with E-state index in [2.05, 4.69) is 11.0 Å². The van der Waals surface area contributed by atoms with Crippen LogP contribution in [0.5, 0.6) is 0 Å². The summed E-state index contributed by atoms with van der Waals surface area (Å²) in [5.41, 5.74) is 9.16. The number of anilines is 2. The van der Waals surface area contributed by atoms with Crippen LogP contribution in [-0.4, -0.2) is 24.3 Å². The van der Waals surface area contributed by atoms with Crippen molar-refractivity contribution in [2.75, 3.05) is 23.7 Å². The molecule has 14 heavy (non-hydrogen) atoms. The van der Waals surface area contributed by atoms with E-state index in [1.807, 2.05) is 19.1 Å². The minimum atomic E-state index is -0.289. The van der Waals surface area contributed by atoms with Gasteiger partial charge >= 0.3 is 0 Å². The summed E-state index contributed by atoms with van der Waals surface area (Å²) in [5.74, 6) is 0. The highest BCUT2D eigenvalue weighted by atomic mass is 16.3. The monoisotopic (exact) mass is 192 g/mol. The minimum absolute atomic E-state index is 0.289. The molecule has 1 atom stereocenters. The molecule has 1 aromatic carbocycles. The Kier molecular flexibility index (Phi) is 2.33. The van der Waals surface area contributed by atoms with E-state index < -0.39 is 0 Å². The van der Waals surface area contributed by atoms with Gasteiger partial charge in [-0.25, -0.2) is 0 Å². The highest BCUT2D eigenvalue weighted by molar-refractivity contribution is 5.68. The Hall–Kier alpha value is -1.22. The van der Waals surface area contributed by atoms with E-state index in [1.54, 1.807) is 0 Å². The summed E-state index contributed by atoms with van der Waals surface area (Å²) in [6, 6.07) is 5.97. The molecule has 1 heterocycles. The summed E-state index contributed by atoms with van der Waals surface area (Å²) in [6.45, 7) is 3.47. The zero-order valence-corrected chi connectivity index (χ0v) is 8.40. The van der Waals surface area contributed by atoms with E-state index in [9.17, 15) is 5.11 Å². The van der Waals surface area contributed by atoms with E-state index in [-0.39, 0.29) is 6.10 Å². The Balaban J connectivity index is 2.26. The highest BCUT2D eigenvalue weighted by Gasteiger charge is 2.21. The van der Waals surface area contributed by atoms with Crippen molar-refractivity contribution in [2.45, 2.75) is 19.4 Å². The molecule has 1 aliphatic heterocycles. The van der Waals surface area contributed by atoms with Crippen LogP contribution in [0, 0.1) is 0 Å². The first kappa shape index (κ1) is 9.34. The van der Waals surface area contributed by atoms with Crippen molar-refractivity contribution in [3.05, 3.63) is 23.8 Å². The third-order valence-corrected chi connectivity index (χ3v) is 2.64. The topological polar surface area (TPSA) is 49.5 Å². The van der Waals surface area contributed by atoms with E-state index >= 15 is 0 Å². The molecule has 76 valence electrons. The predicted molar refractivity (Wildman–Crippen MR) is 58.5 cm³/mol. The molecule has 0 fully saturated rings. The maximum Gasteiger partial charge on any atom is 0.0687 e. The van der Waals surface area contributed by atoms with Crippen molar-refractivity contribution >= 4 is 11.4 Å². The summed E-state index contributed by atoms with van der Waals surface area (Å²) in [6.07, 6.45) is 0.705. The number of aliphatic hydroxyl groups excluding tert-OH is 1. The van der Waals surface area contributed by atoms with Crippen LogP contribution in [0.3, 0.4) is 0 Å². The average Bonchev–Trinajstić information content (AvgIpc) is 2.49. The van der Waals surface area contributed by atoms with Crippen LogP contribution in [0.25, 0.3) is 0 Å². The maximum absolute atomic E-state index is 9.33. The molecule has 0 aliphatic carbocycles. The average molecular weight is 192 g/mol. The second-order valence-corrected chi connectivity index (χ2v) is 3.89. The van der Waals surface area contributed by atoms with Gasteiger partial charge in [0, 0.05) is 30.0 Å². The first-order valence-electron chi connectivity index (χ1n) is 4.99. The Bertz CT molecular complexity index is 336. The lowest BCUT2D eigenvalue weighted by molar-refractivity contribution is 0.200. The molecule has 3 nitrogen and oxygen atoms in total. The molecule has 0 saturated carbocycles. The molecule has 0 spiro atoms. The molecule has 1 unspecified atom stereocenters. The normalized spacial score (nSPS) is 16.9.